The third-order valence-electron chi connectivity index (χ3n) is 1.86. The Morgan fingerprint density at radius 3 is 2.56 bits per heavy atom. The van der Waals surface area contributed by atoms with E-state index in [1.165, 1.54) is 6.92 Å². The first-order valence-electron chi connectivity index (χ1n) is 4.98. The van der Waals surface area contributed by atoms with Crippen molar-refractivity contribution in [1.82, 2.24) is 0 Å². The van der Waals surface area contributed by atoms with Gasteiger partial charge in [0.25, 0.3) is 0 Å². The Kier molecular flexibility index (Phi) is 4.94. The van der Waals surface area contributed by atoms with Gasteiger partial charge in [-0.15, -0.1) is 0 Å². The molecule has 0 saturated heterocycles. The van der Waals surface area contributed by atoms with Crippen LogP contribution in [0.4, 0.5) is 0 Å². The van der Waals surface area contributed by atoms with Gasteiger partial charge in [0.05, 0.1) is 7.11 Å². The summed E-state index contributed by atoms with van der Waals surface area (Å²) in [5.74, 6) is 6.44. The molecule has 16 heavy (non-hydrogen) atoms. The van der Waals surface area contributed by atoms with Gasteiger partial charge >= 0.3 is 5.97 Å². The first-order valence-corrected chi connectivity index (χ1v) is 4.98. The van der Waals surface area contributed by atoms with E-state index in [-0.39, 0.29) is 5.97 Å². The van der Waals surface area contributed by atoms with Crippen molar-refractivity contribution < 1.29 is 14.3 Å². The van der Waals surface area contributed by atoms with Gasteiger partial charge in [0.15, 0.2) is 0 Å². The lowest BCUT2D eigenvalue weighted by Crippen LogP contribution is -1.98. The molecular weight excluding hydrogens is 204 g/mol. The summed E-state index contributed by atoms with van der Waals surface area (Å²) in [7, 11) is 1.62. The van der Waals surface area contributed by atoms with Gasteiger partial charge in [0, 0.05) is 18.9 Å². The van der Waals surface area contributed by atoms with E-state index in [0.717, 1.165) is 11.3 Å². The second-order valence-electron chi connectivity index (χ2n) is 3.12. The van der Waals surface area contributed by atoms with Crippen molar-refractivity contribution in [2.45, 2.75) is 13.3 Å². The van der Waals surface area contributed by atoms with Crippen LogP contribution in [0.25, 0.3) is 0 Å². The number of hydrogen-bond donors (Lipinski definition) is 0. The van der Waals surface area contributed by atoms with Crippen LogP contribution >= 0.6 is 0 Å². The van der Waals surface area contributed by atoms with Crippen LogP contribution in [0.5, 0.6) is 5.75 Å². The van der Waals surface area contributed by atoms with E-state index in [0.29, 0.717) is 13.0 Å². The van der Waals surface area contributed by atoms with E-state index >= 15 is 0 Å². The molecule has 0 atom stereocenters. The van der Waals surface area contributed by atoms with E-state index in [9.17, 15) is 4.79 Å². The molecule has 0 N–H and O–H groups in total. The lowest BCUT2D eigenvalue weighted by molar-refractivity contribution is -0.140. The summed E-state index contributed by atoms with van der Waals surface area (Å²) in [5.41, 5.74) is 0.920. The smallest absolute Gasteiger partial charge is 0.302 e. The highest BCUT2D eigenvalue weighted by Gasteiger charge is 1.90. The number of ether oxygens (including phenoxy) is 2. The maximum Gasteiger partial charge on any atom is 0.302 e. The quantitative estimate of drug-likeness (QED) is 0.442. The van der Waals surface area contributed by atoms with Crippen LogP contribution in [0.15, 0.2) is 24.3 Å². The van der Waals surface area contributed by atoms with Crippen molar-refractivity contribution in [3.63, 3.8) is 0 Å². The summed E-state index contributed by atoms with van der Waals surface area (Å²) in [6.07, 6.45) is 0.547. The van der Waals surface area contributed by atoms with E-state index < -0.39 is 0 Å². The van der Waals surface area contributed by atoms with Gasteiger partial charge in [0.2, 0.25) is 0 Å². The first kappa shape index (κ1) is 12.1. The monoisotopic (exact) mass is 218 g/mol. The van der Waals surface area contributed by atoms with Crippen molar-refractivity contribution in [3.05, 3.63) is 29.8 Å². The molecule has 3 nitrogen and oxygen atoms in total. The molecule has 0 radical (unpaired) electrons. The number of benzene rings is 1. The molecule has 84 valence electrons. The average Bonchev–Trinajstić information content (AvgIpc) is 2.29. The molecule has 0 amide bonds. The number of esters is 1. The van der Waals surface area contributed by atoms with Gasteiger partial charge in [-0.1, -0.05) is 11.8 Å². The summed E-state index contributed by atoms with van der Waals surface area (Å²) in [5, 5.41) is 0. The minimum atomic E-state index is -0.272. The Labute approximate surface area is 95.4 Å². The fraction of sp³-hybridized carbons (Fsp3) is 0.308. The molecule has 0 aliphatic carbocycles. The number of methoxy groups -OCH3 is 1. The van der Waals surface area contributed by atoms with Crippen molar-refractivity contribution in [2.24, 2.45) is 0 Å². The molecule has 1 aromatic carbocycles. The van der Waals surface area contributed by atoms with Crippen LogP contribution in [-0.2, 0) is 9.53 Å². The molecule has 0 fully saturated rings. The fourth-order valence-electron chi connectivity index (χ4n) is 1.08. The Hall–Kier alpha value is -1.95. The van der Waals surface area contributed by atoms with E-state index in [2.05, 4.69) is 11.8 Å². The summed E-state index contributed by atoms with van der Waals surface area (Å²) in [6.45, 7) is 1.73. The Morgan fingerprint density at radius 2 is 2.00 bits per heavy atom. The van der Waals surface area contributed by atoms with Gasteiger partial charge in [0.1, 0.15) is 12.4 Å². The molecule has 0 aliphatic heterocycles. The van der Waals surface area contributed by atoms with Gasteiger partial charge < -0.3 is 9.47 Å². The summed E-state index contributed by atoms with van der Waals surface area (Å²) < 4.78 is 9.79. The number of hydrogen-bond acceptors (Lipinski definition) is 3. The normalized spacial score (nSPS) is 8.88. The number of carbonyl (C=O) groups excluding carboxylic acids is 1. The molecule has 0 bridgehead atoms. The van der Waals surface area contributed by atoms with Gasteiger partial charge in [-0.25, -0.2) is 0 Å². The zero-order valence-corrected chi connectivity index (χ0v) is 9.45. The molecule has 0 spiro atoms. The Bertz CT molecular complexity index is 395. The van der Waals surface area contributed by atoms with Crippen molar-refractivity contribution >= 4 is 5.97 Å². The van der Waals surface area contributed by atoms with Gasteiger partial charge in [-0.2, -0.15) is 0 Å². The Balaban J connectivity index is 2.41. The van der Waals surface area contributed by atoms with Crippen LogP contribution in [0.1, 0.15) is 18.9 Å². The molecule has 0 aliphatic rings. The zero-order chi connectivity index (χ0) is 11.8. The average molecular weight is 218 g/mol. The van der Waals surface area contributed by atoms with Crippen LogP contribution in [0.3, 0.4) is 0 Å². The fourth-order valence-corrected chi connectivity index (χ4v) is 1.08. The third-order valence-corrected chi connectivity index (χ3v) is 1.86. The van der Waals surface area contributed by atoms with Crippen molar-refractivity contribution in [3.8, 4) is 17.6 Å². The first-order chi connectivity index (χ1) is 7.72. The second kappa shape index (κ2) is 6.52. The van der Waals surface area contributed by atoms with Crippen molar-refractivity contribution in [1.29, 1.82) is 0 Å². The van der Waals surface area contributed by atoms with Crippen LogP contribution in [0, 0.1) is 11.8 Å². The molecule has 1 aromatic rings. The topological polar surface area (TPSA) is 35.5 Å². The predicted octanol–water partition coefficient (Wildman–Crippen LogP) is 2.00. The number of carbonyl (C=O) groups is 1. The molecule has 3 heteroatoms. The van der Waals surface area contributed by atoms with Crippen molar-refractivity contribution in [2.75, 3.05) is 13.7 Å². The molecule has 0 unspecified atom stereocenters. The second-order valence-corrected chi connectivity index (χ2v) is 3.12. The largest absolute Gasteiger partial charge is 0.497 e. The standard InChI is InChI=1S/C13H14O3/c1-11(14)16-10-4-3-5-12-6-8-13(15-2)9-7-12/h6-9H,4,10H2,1-2H3. The summed E-state index contributed by atoms with van der Waals surface area (Å²) >= 11 is 0. The number of rotatable bonds is 3. The van der Waals surface area contributed by atoms with E-state index in [4.69, 9.17) is 9.47 Å². The highest BCUT2D eigenvalue weighted by molar-refractivity contribution is 5.65. The highest BCUT2D eigenvalue weighted by atomic mass is 16.5. The molecule has 1 rings (SSSR count). The van der Waals surface area contributed by atoms with E-state index in [1.807, 2.05) is 24.3 Å². The third kappa shape index (κ3) is 4.52. The van der Waals surface area contributed by atoms with Crippen LogP contribution in [0.2, 0.25) is 0 Å². The minimum absolute atomic E-state index is 0.272. The molecule has 0 aromatic heterocycles. The van der Waals surface area contributed by atoms with E-state index in [1.54, 1.807) is 7.11 Å². The maximum absolute atomic E-state index is 10.5. The predicted molar refractivity (Wildman–Crippen MR) is 61.1 cm³/mol. The zero-order valence-electron chi connectivity index (χ0n) is 9.45. The molecule has 0 saturated carbocycles. The van der Waals surface area contributed by atoms with Crippen LogP contribution < -0.4 is 4.74 Å². The maximum atomic E-state index is 10.5. The summed E-state index contributed by atoms with van der Waals surface area (Å²) in [6, 6.07) is 7.49. The lowest BCUT2D eigenvalue weighted by atomic mass is 10.2. The molecule has 0 heterocycles. The SMILES string of the molecule is COc1ccc(C#CCCOC(C)=O)cc1. The van der Waals surface area contributed by atoms with Gasteiger partial charge in [-0.3, -0.25) is 4.79 Å². The minimum Gasteiger partial charge on any atom is -0.497 e. The Morgan fingerprint density at radius 1 is 1.31 bits per heavy atom. The highest BCUT2D eigenvalue weighted by Crippen LogP contribution is 2.10. The van der Waals surface area contributed by atoms with Gasteiger partial charge in [-0.05, 0) is 24.3 Å². The molecular formula is C13H14O3. The summed E-state index contributed by atoms with van der Waals surface area (Å²) in [4.78, 5) is 10.5. The lowest BCUT2D eigenvalue weighted by Gasteiger charge is -1.97. The van der Waals surface area contributed by atoms with Crippen LogP contribution in [-0.4, -0.2) is 19.7 Å².